The number of thiazole rings is 1. The molecule has 0 aliphatic heterocycles. The van der Waals surface area contributed by atoms with E-state index >= 15 is 0 Å². The molecule has 17 heavy (non-hydrogen) atoms. The van der Waals surface area contributed by atoms with E-state index in [0.717, 1.165) is 17.1 Å². The zero-order chi connectivity index (χ0) is 12.8. The topological polar surface area (TPSA) is 65.8 Å². The number of hydrogen-bond donors (Lipinski definition) is 1. The van der Waals surface area contributed by atoms with Crippen LogP contribution in [-0.2, 0) is 11.2 Å². The number of amides is 1. The van der Waals surface area contributed by atoms with Crippen molar-refractivity contribution in [2.24, 2.45) is 11.8 Å². The maximum absolute atomic E-state index is 11.7. The fourth-order valence-electron chi connectivity index (χ4n) is 1.43. The molecule has 1 atom stereocenters. The Bertz CT molecular complexity index is 420. The van der Waals surface area contributed by atoms with E-state index in [-0.39, 0.29) is 11.8 Å². The number of carbonyl (C=O) groups is 1. The average molecular weight is 251 g/mol. The normalized spacial score (nSPS) is 12.2. The molecule has 5 heteroatoms. The second kappa shape index (κ2) is 6.36. The average Bonchev–Trinajstić information content (AvgIpc) is 2.64. The molecule has 1 rings (SSSR count). The first-order chi connectivity index (χ1) is 8.04. The standard InChI is InChI=1S/C12H17N3OS/c1-8(2)10(6-13)12(16)14-5-4-11-15-9(3)7-17-11/h7-8,10H,4-5H2,1-3H3,(H,14,16). The second-order valence-electron chi connectivity index (χ2n) is 4.27. The number of rotatable bonds is 5. The third kappa shape index (κ3) is 4.16. The van der Waals surface area contributed by atoms with E-state index in [1.54, 1.807) is 11.3 Å². The molecule has 0 fully saturated rings. The highest BCUT2D eigenvalue weighted by Crippen LogP contribution is 2.10. The smallest absolute Gasteiger partial charge is 0.237 e. The highest BCUT2D eigenvalue weighted by Gasteiger charge is 2.20. The fourth-order valence-corrected chi connectivity index (χ4v) is 2.21. The largest absolute Gasteiger partial charge is 0.355 e. The molecule has 1 amide bonds. The minimum atomic E-state index is -0.562. The van der Waals surface area contributed by atoms with Gasteiger partial charge < -0.3 is 5.32 Å². The quantitative estimate of drug-likeness (QED) is 0.869. The minimum absolute atomic E-state index is 0.0436. The number of nitriles is 1. The molecule has 0 saturated heterocycles. The van der Waals surface area contributed by atoms with E-state index in [4.69, 9.17) is 5.26 Å². The summed E-state index contributed by atoms with van der Waals surface area (Å²) in [7, 11) is 0. The second-order valence-corrected chi connectivity index (χ2v) is 5.22. The number of aromatic nitrogens is 1. The predicted molar refractivity (Wildman–Crippen MR) is 67.5 cm³/mol. The van der Waals surface area contributed by atoms with Gasteiger partial charge in [-0.15, -0.1) is 11.3 Å². The van der Waals surface area contributed by atoms with Gasteiger partial charge in [0, 0.05) is 24.0 Å². The fraction of sp³-hybridized carbons (Fsp3) is 0.583. The van der Waals surface area contributed by atoms with Crippen LogP contribution in [0.4, 0.5) is 0 Å². The van der Waals surface area contributed by atoms with Gasteiger partial charge in [0.2, 0.25) is 5.91 Å². The predicted octanol–water partition coefficient (Wildman–Crippen LogP) is 1.91. The highest BCUT2D eigenvalue weighted by atomic mass is 32.1. The van der Waals surface area contributed by atoms with Crippen LogP contribution in [0.2, 0.25) is 0 Å². The monoisotopic (exact) mass is 251 g/mol. The van der Waals surface area contributed by atoms with Crippen molar-refractivity contribution in [1.29, 1.82) is 5.26 Å². The van der Waals surface area contributed by atoms with E-state index < -0.39 is 5.92 Å². The van der Waals surface area contributed by atoms with Gasteiger partial charge in [-0.2, -0.15) is 5.26 Å². The van der Waals surface area contributed by atoms with Crippen LogP contribution < -0.4 is 5.32 Å². The highest BCUT2D eigenvalue weighted by molar-refractivity contribution is 7.09. The Labute approximate surface area is 106 Å². The van der Waals surface area contributed by atoms with Crippen molar-refractivity contribution in [3.05, 3.63) is 16.1 Å². The van der Waals surface area contributed by atoms with Gasteiger partial charge in [0.1, 0.15) is 5.92 Å². The van der Waals surface area contributed by atoms with Crippen LogP contribution >= 0.6 is 11.3 Å². The van der Waals surface area contributed by atoms with Crippen molar-refractivity contribution >= 4 is 17.2 Å². The van der Waals surface area contributed by atoms with Crippen LogP contribution in [0.3, 0.4) is 0 Å². The van der Waals surface area contributed by atoms with Crippen LogP contribution in [-0.4, -0.2) is 17.4 Å². The Morgan fingerprint density at radius 3 is 2.82 bits per heavy atom. The molecule has 0 aliphatic carbocycles. The third-order valence-corrected chi connectivity index (χ3v) is 3.42. The summed E-state index contributed by atoms with van der Waals surface area (Å²) in [6.07, 6.45) is 0.723. The lowest BCUT2D eigenvalue weighted by molar-refractivity contribution is -0.124. The summed E-state index contributed by atoms with van der Waals surface area (Å²) in [6, 6.07) is 2.03. The summed E-state index contributed by atoms with van der Waals surface area (Å²) in [6.45, 7) is 6.23. The molecule has 0 aliphatic rings. The number of nitrogens with zero attached hydrogens (tertiary/aromatic N) is 2. The van der Waals surface area contributed by atoms with Crippen LogP contribution in [0.15, 0.2) is 5.38 Å². The zero-order valence-corrected chi connectivity index (χ0v) is 11.2. The van der Waals surface area contributed by atoms with Gasteiger partial charge in [0.25, 0.3) is 0 Å². The van der Waals surface area contributed by atoms with Gasteiger partial charge in [-0.1, -0.05) is 13.8 Å². The van der Waals surface area contributed by atoms with E-state index in [0.29, 0.717) is 6.54 Å². The Kier molecular flexibility index (Phi) is 5.11. The van der Waals surface area contributed by atoms with E-state index in [1.807, 2.05) is 32.2 Å². The first-order valence-corrected chi connectivity index (χ1v) is 6.51. The van der Waals surface area contributed by atoms with Crippen LogP contribution in [0.1, 0.15) is 24.5 Å². The van der Waals surface area contributed by atoms with Gasteiger partial charge in [-0.25, -0.2) is 4.98 Å². The maximum atomic E-state index is 11.7. The molecule has 1 aromatic heterocycles. The van der Waals surface area contributed by atoms with Crippen molar-refractivity contribution in [1.82, 2.24) is 10.3 Å². The number of aryl methyl sites for hydroxylation is 1. The Hall–Kier alpha value is -1.41. The van der Waals surface area contributed by atoms with E-state index in [9.17, 15) is 4.79 Å². The first kappa shape index (κ1) is 13.7. The lowest BCUT2D eigenvalue weighted by Gasteiger charge is -2.12. The minimum Gasteiger partial charge on any atom is -0.355 e. The lowest BCUT2D eigenvalue weighted by Crippen LogP contribution is -2.34. The summed E-state index contributed by atoms with van der Waals surface area (Å²) in [5.41, 5.74) is 1.01. The lowest BCUT2D eigenvalue weighted by atomic mass is 9.97. The van der Waals surface area contributed by atoms with Crippen molar-refractivity contribution in [3.8, 4) is 6.07 Å². The summed E-state index contributed by atoms with van der Waals surface area (Å²) >= 11 is 1.59. The molecule has 4 nitrogen and oxygen atoms in total. The maximum Gasteiger partial charge on any atom is 0.237 e. The molecular formula is C12H17N3OS. The van der Waals surface area contributed by atoms with Crippen LogP contribution in [0, 0.1) is 30.1 Å². The van der Waals surface area contributed by atoms with E-state index in [2.05, 4.69) is 10.3 Å². The molecule has 1 N–H and O–H groups in total. The van der Waals surface area contributed by atoms with E-state index in [1.165, 1.54) is 0 Å². The van der Waals surface area contributed by atoms with Crippen molar-refractivity contribution in [2.45, 2.75) is 27.2 Å². The molecule has 1 heterocycles. The molecule has 0 aromatic carbocycles. The Morgan fingerprint density at radius 1 is 1.65 bits per heavy atom. The number of nitrogens with one attached hydrogen (secondary N) is 1. The first-order valence-electron chi connectivity index (χ1n) is 5.63. The van der Waals surface area contributed by atoms with Gasteiger partial charge in [-0.3, -0.25) is 4.79 Å². The molecule has 1 aromatic rings. The summed E-state index contributed by atoms with van der Waals surface area (Å²) in [5, 5.41) is 14.6. The molecule has 1 unspecified atom stereocenters. The molecule has 92 valence electrons. The molecular weight excluding hydrogens is 234 g/mol. The number of hydrogen-bond acceptors (Lipinski definition) is 4. The number of carbonyl (C=O) groups excluding carboxylic acids is 1. The summed E-state index contributed by atoms with van der Waals surface area (Å²) < 4.78 is 0. The molecule has 0 radical (unpaired) electrons. The molecule has 0 bridgehead atoms. The van der Waals surface area contributed by atoms with Crippen LogP contribution in [0.25, 0.3) is 0 Å². The Balaban J connectivity index is 2.36. The molecule has 0 spiro atoms. The van der Waals surface area contributed by atoms with Gasteiger partial charge >= 0.3 is 0 Å². The van der Waals surface area contributed by atoms with Gasteiger partial charge in [0.05, 0.1) is 11.1 Å². The SMILES string of the molecule is Cc1csc(CCNC(=O)C(C#N)C(C)C)n1. The van der Waals surface area contributed by atoms with Crippen molar-refractivity contribution in [3.63, 3.8) is 0 Å². The molecule has 0 saturated carbocycles. The van der Waals surface area contributed by atoms with Gasteiger partial charge in [0.15, 0.2) is 0 Å². The summed E-state index contributed by atoms with van der Waals surface area (Å²) in [5.74, 6) is -0.703. The summed E-state index contributed by atoms with van der Waals surface area (Å²) in [4.78, 5) is 16.0. The van der Waals surface area contributed by atoms with Crippen molar-refractivity contribution < 1.29 is 4.79 Å². The van der Waals surface area contributed by atoms with Crippen LogP contribution in [0.5, 0.6) is 0 Å². The van der Waals surface area contributed by atoms with Crippen molar-refractivity contribution in [2.75, 3.05) is 6.54 Å². The van der Waals surface area contributed by atoms with Gasteiger partial charge in [-0.05, 0) is 12.8 Å². The zero-order valence-electron chi connectivity index (χ0n) is 10.4. The third-order valence-electron chi connectivity index (χ3n) is 2.39. The Morgan fingerprint density at radius 2 is 2.35 bits per heavy atom.